The topological polar surface area (TPSA) is 305 Å². The summed E-state index contributed by atoms with van der Waals surface area (Å²) in [7, 11) is 4.48. The lowest BCUT2D eigenvalue weighted by molar-refractivity contribution is -0.383. The first-order chi connectivity index (χ1) is 40.5. The second-order valence-corrected chi connectivity index (χ2v) is 23.9. The van der Waals surface area contributed by atoms with E-state index in [0.717, 1.165) is 5.57 Å². The number of aliphatic hydroxyl groups excluding tert-OH is 1. The quantitative estimate of drug-likeness (QED) is 0.0159. The SMILES string of the molecule is CO[C@H]1C[C@@H]2CC[C@@H](C)[C@@](O)(O2)C(=O)C(=O)N2CCCC[C@H]2C(=O)O[C@H]([C@H](C)C[C@@H]2CC[C@@H](OC(=O)CCCCCNc3ccc(N=[N+]=[N-])cc3[N+](=O)[O-])[C@H](OC)C2)CC(=O)[C@H](C)/C=C(\C)[C@@H](O)[C@@H](OC)C(=O)[C@H](C)C[C@H](C)/C=C/C=C/C=C/1C. The summed E-state index contributed by atoms with van der Waals surface area (Å²) in [5, 5.41) is 41.7. The number of hydrogen-bond donors (Lipinski definition) is 3. The van der Waals surface area contributed by atoms with Crippen molar-refractivity contribution in [2.75, 3.05) is 39.7 Å². The second kappa shape index (κ2) is 33.7. The summed E-state index contributed by atoms with van der Waals surface area (Å²) in [6.45, 7) is 13.0. The second-order valence-electron chi connectivity index (χ2n) is 23.9. The maximum atomic E-state index is 14.7. The van der Waals surface area contributed by atoms with Crippen molar-refractivity contribution in [1.29, 1.82) is 0 Å². The number of nitro benzene ring substituents is 1. The van der Waals surface area contributed by atoms with Crippen LogP contribution in [0.2, 0.25) is 0 Å². The van der Waals surface area contributed by atoms with Gasteiger partial charge in [0, 0.05) is 88.1 Å². The number of benzene rings is 1. The molecular weight excluding hydrogens is 1100 g/mol. The number of allylic oxidation sites excluding steroid dienone is 6. The van der Waals surface area contributed by atoms with Crippen molar-refractivity contribution in [3.8, 4) is 0 Å². The monoisotopic (exact) mass is 1190 g/mol. The molecule has 0 unspecified atom stereocenters. The molecule has 3 fully saturated rings. The van der Waals surface area contributed by atoms with Crippen LogP contribution in [0, 0.1) is 45.6 Å². The van der Waals surface area contributed by atoms with Crippen LogP contribution in [0.15, 0.2) is 70.9 Å². The Morgan fingerprint density at radius 3 is 2.38 bits per heavy atom. The number of azide groups is 1. The first kappa shape index (κ1) is 69.6. The molecule has 1 aliphatic carbocycles. The van der Waals surface area contributed by atoms with Crippen molar-refractivity contribution in [2.24, 2.45) is 40.6 Å². The maximum absolute atomic E-state index is 14.7. The number of methoxy groups -OCH3 is 3. The highest BCUT2D eigenvalue weighted by molar-refractivity contribution is 6.39. The number of aliphatic hydroxyl groups is 2. The van der Waals surface area contributed by atoms with Crippen LogP contribution >= 0.6 is 0 Å². The number of ketones is 3. The van der Waals surface area contributed by atoms with Crippen LogP contribution in [0.25, 0.3) is 10.4 Å². The van der Waals surface area contributed by atoms with Crippen LogP contribution in [0.1, 0.15) is 151 Å². The minimum Gasteiger partial charge on any atom is -0.460 e. The lowest BCUT2D eigenvalue weighted by Gasteiger charge is -2.42. The number of rotatable bonds is 16. The first-order valence-electron chi connectivity index (χ1n) is 30.2. The Kier molecular flexibility index (Phi) is 27.6. The van der Waals surface area contributed by atoms with E-state index < -0.39 is 101 Å². The molecule has 1 amide bonds. The van der Waals surface area contributed by atoms with E-state index in [9.17, 15) is 49.1 Å². The molecule has 1 aromatic carbocycles. The van der Waals surface area contributed by atoms with Gasteiger partial charge in [-0.2, -0.15) is 0 Å². The summed E-state index contributed by atoms with van der Waals surface area (Å²) >= 11 is 0. The Labute approximate surface area is 500 Å². The van der Waals surface area contributed by atoms with Gasteiger partial charge in [0.15, 0.2) is 5.78 Å². The van der Waals surface area contributed by atoms with Crippen LogP contribution < -0.4 is 5.32 Å². The number of ether oxygens (including phenoxy) is 6. The molecule has 22 nitrogen and oxygen atoms in total. The molecule has 2 bridgehead atoms. The number of cyclic esters (lactones) is 1. The van der Waals surface area contributed by atoms with Crippen LogP contribution in [-0.4, -0.2) is 144 Å². The Balaban J connectivity index is 1.33. The van der Waals surface area contributed by atoms with Crippen LogP contribution in [-0.2, 0) is 57.2 Å². The van der Waals surface area contributed by atoms with Gasteiger partial charge in [-0.15, -0.1) is 0 Å². The average molecular weight is 1190 g/mol. The molecule has 0 aromatic heterocycles. The summed E-state index contributed by atoms with van der Waals surface area (Å²) in [5.41, 5.74) is 10.1. The Bertz CT molecular complexity index is 2650. The third-order valence-corrected chi connectivity index (χ3v) is 17.4. The Hall–Kier alpha value is -6.13. The standard InChI is InChI=1S/C63H92N6O16/c1-38-19-13-11-14-20-39(2)53(80-8)36-47-26-23-44(7)63(77,85-47)60(74)61(75)68-30-18-16-21-49(68)62(76)84-54(37-51(70)40(3)32-43(6)58(73)59(82-10)57(72)42(5)31-38)41(4)33-45-24-28-52(55(34-45)81-9)83-56(71)22-15-12-17-29-65-48-27-25-46(66-67-64)35-50(48)69(78)79/h11,13-14,19-20,25,27,32,35,38,40-42,44-45,47,49,52-55,58-59,65,73,77H,12,15-18,21-24,26,28-31,33-34,36-37H2,1-10H3/b14-11+,19-13+,39-20+,43-32+/t38-,40-,41-,42-,44-,45+,47+,49+,52-,53+,54+,55-,58-,59+,63-/m1/s1. The number of Topliss-reactive ketones (excluding diaryl/α,β-unsaturated/α-hetero) is 3. The number of carbonyl (C=O) groups is 6. The van der Waals surface area contributed by atoms with Crippen molar-refractivity contribution >= 4 is 52.3 Å². The molecule has 1 aromatic rings. The molecule has 4 aliphatic rings. The molecular formula is C63H92N6O16. The molecule has 2 saturated heterocycles. The lowest BCUT2D eigenvalue weighted by atomic mass is 9.78. The fourth-order valence-corrected chi connectivity index (χ4v) is 12.2. The maximum Gasteiger partial charge on any atom is 0.329 e. The smallest absolute Gasteiger partial charge is 0.329 e. The summed E-state index contributed by atoms with van der Waals surface area (Å²) in [4.78, 5) is 99.7. The van der Waals surface area contributed by atoms with Crippen LogP contribution in [0.4, 0.5) is 17.1 Å². The summed E-state index contributed by atoms with van der Waals surface area (Å²) in [6, 6.07) is 2.95. The summed E-state index contributed by atoms with van der Waals surface area (Å²) in [5.74, 6) is -9.02. The van der Waals surface area contributed by atoms with Gasteiger partial charge in [-0.1, -0.05) is 88.7 Å². The number of nitrogens with zero attached hydrogens (tertiary/aromatic N) is 5. The fourth-order valence-electron chi connectivity index (χ4n) is 12.2. The van der Waals surface area contributed by atoms with Crippen molar-refractivity contribution in [1.82, 2.24) is 4.90 Å². The van der Waals surface area contributed by atoms with Gasteiger partial charge in [0.2, 0.25) is 5.79 Å². The number of piperidine rings is 1. The average Bonchev–Trinajstić information content (AvgIpc) is 1.90. The van der Waals surface area contributed by atoms with E-state index in [0.29, 0.717) is 89.2 Å². The summed E-state index contributed by atoms with van der Waals surface area (Å²) < 4.78 is 35.9. The number of unbranched alkanes of at least 4 members (excludes halogenated alkanes) is 2. The van der Waals surface area contributed by atoms with E-state index in [1.165, 1.54) is 30.2 Å². The van der Waals surface area contributed by atoms with Crippen LogP contribution in [0.3, 0.4) is 0 Å². The zero-order chi connectivity index (χ0) is 62.5. The van der Waals surface area contributed by atoms with E-state index in [4.69, 9.17) is 34.0 Å². The van der Waals surface area contributed by atoms with Gasteiger partial charge in [0.25, 0.3) is 17.4 Å². The highest BCUT2D eigenvalue weighted by atomic mass is 16.6. The number of anilines is 1. The minimum atomic E-state index is -2.48. The zero-order valence-electron chi connectivity index (χ0n) is 51.4. The van der Waals surface area contributed by atoms with Gasteiger partial charge < -0.3 is 48.9 Å². The molecule has 85 heavy (non-hydrogen) atoms. The van der Waals surface area contributed by atoms with E-state index in [1.54, 1.807) is 48.0 Å². The number of amides is 1. The van der Waals surface area contributed by atoms with Gasteiger partial charge in [-0.05, 0) is 131 Å². The predicted molar refractivity (Wildman–Crippen MR) is 318 cm³/mol. The lowest BCUT2D eigenvalue weighted by Crippen LogP contribution is -2.61. The molecule has 0 spiro atoms. The van der Waals surface area contributed by atoms with E-state index in [2.05, 4.69) is 15.3 Å². The highest BCUT2D eigenvalue weighted by Crippen LogP contribution is 2.39. The Morgan fingerprint density at radius 2 is 1.68 bits per heavy atom. The number of carbonyl (C=O) groups excluding carboxylic acids is 6. The van der Waals surface area contributed by atoms with Gasteiger partial charge in [-0.25, -0.2) is 4.79 Å². The number of esters is 2. The highest BCUT2D eigenvalue weighted by Gasteiger charge is 2.53. The third-order valence-electron chi connectivity index (χ3n) is 17.4. The van der Waals surface area contributed by atoms with E-state index >= 15 is 0 Å². The van der Waals surface area contributed by atoms with Gasteiger partial charge in [-0.3, -0.25) is 34.1 Å². The van der Waals surface area contributed by atoms with E-state index in [1.807, 2.05) is 51.2 Å². The molecule has 22 heteroatoms. The molecule has 0 radical (unpaired) electrons. The number of hydrogen-bond acceptors (Lipinski definition) is 18. The third kappa shape index (κ3) is 19.7. The molecule has 3 heterocycles. The molecule has 5 rings (SSSR count). The number of nitro groups is 1. The largest absolute Gasteiger partial charge is 0.460 e. The van der Waals surface area contributed by atoms with Crippen molar-refractivity contribution in [2.45, 2.75) is 206 Å². The molecule has 3 aliphatic heterocycles. The van der Waals surface area contributed by atoms with Crippen molar-refractivity contribution in [3.63, 3.8) is 0 Å². The van der Waals surface area contributed by atoms with Gasteiger partial charge in [0.1, 0.15) is 41.9 Å². The van der Waals surface area contributed by atoms with Crippen molar-refractivity contribution < 1.29 is 72.3 Å². The van der Waals surface area contributed by atoms with Gasteiger partial charge in [0.05, 0.1) is 23.2 Å². The van der Waals surface area contributed by atoms with Crippen LogP contribution in [0.5, 0.6) is 0 Å². The fraction of sp³-hybridized carbons (Fsp3) is 0.683. The Morgan fingerprint density at radius 1 is 0.929 bits per heavy atom. The van der Waals surface area contributed by atoms with Crippen molar-refractivity contribution in [3.05, 3.63) is 86.4 Å². The molecule has 470 valence electrons. The predicted octanol–water partition coefficient (Wildman–Crippen LogP) is 10.3. The van der Waals surface area contributed by atoms with Gasteiger partial charge >= 0.3 is 11.9 Å². The van der Waals surface area contributed by atoms with E-state index in [-0.39, 0.29) is 78.7 Å². The zero-order valence-corrected chi connectivity index (χ0v) is 51.4. The normalized spacial score (nSPS) is 33.3. The summed E-state index contributed by atoms with van der Waals surface area (Å²) in [6.07, 6.45) is 12.0. The minimum absolute atomic E-state index is 0.0140. The number of nitrogens with one attached hydrogen (secondary N) is 1. The number of fused-ring (bicyclic) bond motifs is 3. The molecule has 3 N–H and O–H groups in total. The molecule has 15 atom stereocenters. The molecule has 1 saturated carbocycles. The first-order valence-corrected chi connectivity index (χ1v) is 30.2.